The third-order valence-corrected chi connectivity index (χ3v) is 5.81. The second-order valence-electron chi connectivity index (χ2n) is 7.65. The van der Waals surface area contributed by atoms with Crippen LogP contribution in [0.1, 0.15) is 27.5 Å². The summed E-state index contributed by atoms with van der Waals surface area (Å²) in [5.41, 5.74) is 4.29. The molecule has 2 aromatic heterocycles. The van der Waals surface area contributed by atoms with Crippen LogP contribution in [0.2, 0.25) is 0 Å². The molecule has 6 rings (SSSR count). The lowest BCUT2D eigenvalue weighted by Gasteiger charge is -2.14. The number of fused-ring (bicyclic) bond motifs is 1. The van der Waals surface area contributed by atoms with E-state index in [9.17, 15) is 4.79 Å². The van der Waals surface area contributed by atoms with Crippen LogP contribution in [0.5, 0.6) is 0 Å². The largest absolute Gasteiger partial charge is 0.478 e. The molecule has 2 N–H and O–H groups in total. The van der Waals surface area contributed by atoms with Crippen molar-refractivity contribution < 1.29 is 9.90 Å². The molecule has 2 heterocycles. The Balaban J connectivity index is 1.38. The van der Waals surface area contributed by atoms with Gasteiger partial charge in [0.1, 0.15) is 0 Å². The van der Waals surface area contributed by atoms with Gasteiger partial charge in [0.05, 0.1) is 23.2 Å². The van der Waals surface area contributed by atoms with E-state index >= 15 is 0 Å². The van der Waals surface area contributed by atoms with E-state index in [4.69, 9.17) is 10.1 Å². The fourth-order valence-electron chi connectivity index (χ4n) is 4.38. The molecule has 0 radical (unpaired) electrons. The Labute approximate surface area is 177 Å². The van der Waals surface area contributed by atoms with Gasteiger partial charge < -0.3 is 10.4 Å². The maximum absolute atomic E-state index is 11.0. The molecule has 7 heteroatoms. The molecule has 31 heavy (non-hydrogen) atoms. The summed E-state index contributed by atoms with van der Waals surface area (Å²) < 4.78 is 1.98. The first-order valence-corrected chi connectivity index (χ1v) is 9.98. The van der Waals surface area contributed by atoms with Crippen LogP contribution in [-0.2, 0) is 6.42 Å². The minimum atomic E-state index is -0.958. The summed E-state index contributed by atoms with van der Waals surface area (Å²) >= 11 is 0. The minimum absolute atomic E-state index is 0.0798. The SMILES string of the molecule is O=C(O)c1ccc(Nc2ncc3cnn(C4Cc5cccc6cccc4c56)c3n2)cc1. The summed E-state index contributed by atoms with van der Waals surface area (Å²) in [5.74, 6) is -0.522. The predicted octanol–water partition coefficient (Wildman–Crippen LogP) is 4.57. The Morgan fingerprint density at radius 1 is 1.00 bits per heavy atom. The summed E-state index contributed by atoms with van der Waals surface area (Å²) in [7, 11) is 0. The number of aromatic nitrogens is 4. The molecule has 7 nitrogen and oxygen atoms in total. The second kappa shape index (κ2) is 6.63. The van der Waals surface area contributed by atoms with Gasteiger partial charge in [0.2, 0.25) is 5.95 Å². The summed E-state index contributed by atoms with van der Waals surface area (Å²) in [4.78, 5) is 20.2. The van der Waals surface area contributed by atoms with Gasteiger partial charge in [-0.05, 0) is 52.6 Å². The van der Waals surface area contributed by atoms with Crippen LogP contribution in [0.4, 0.5) is 11.6 Å². The number of anilines is 2. The van der Waals surface area contributed by atoms with Crippen LogP contribution in [0, 0.1) is 0 Å². The lowest BCUT2D eigenvalue weighted by atomic mass is 10.0. The molecule has 3 aromatic carbocycles. The molecule has 1 unspecified atom stereocenters. The predicted molar refractivity (Wildman–Crippen MR) is 118 cm³/mol. The van der Waals surface area contributed by atoms with E-state index in [1.807, 2.05) is 4.68 Å². The van der Waals surface area contributed by atoms with E-state index in [2.05, 4.69) is 51.8 Å². The van der Waals surface area contributed by atoms with Crippen molar-refractivity contribution in [1.82, 2.24) is 19.7 Å². The highest BCUT2D eigenvalue weighted by atomic mass is 16.4. The minimum Gasteiger partial charge on any atom is -0.478 e. The highest BCUT2D eigenvalue weighted by molar-refractivity contribution is 5.92. The van der Waals surface area contributed by atoms with Crippen molar-refractivity contribution >= 4 is 39.4 Å². The van der Waals surface area contributed by atoms with Crippen LogP contribution in [-0.4, -0.2) is 30.8 Å². The van der Waals surface area contributed by atoms with Gasteiger partial charge in [-0.2, -0.15) is 10.1 Å². The summed E-state index contributed by atoms with van der Waals surface area (Å²) in [6, 6.07) is 19.4. The van der Waals surface area contributed by atoms with E-state index in [1.54, 1.807) is 36.7 Å². The molecule has 0 amide bonds. The van der Waals surface area contributed by atoms with Crippen molar-refractivity contribution in [2.24, 2.45) is 0 Å². The maximum atomic E-state index is 11.0. The topological polar surface area (TPSA) is 92.9 Å². The number of benzene rings is 3. The van der Waals surface area contributed by atoms with Crippen LogP contribution in [0.15, 0.2) is 73.1 Å². The monoisotopic (exact) mass is 407 g/mol. The summed E-state index contributed by atoms with van der Waals surface area (Å²) in [5, 5.41) is 20.3. The van der Waals surface area contributed by atoms with Gasteiger partial charge in [-0.15, -0.1) is 0 Å². The second-order valence-corrected chi connectivity index (χ2v) is 7.65. The van der Waals surface area contributed by atoms with Gasteiger partial charge in [0.15, 0.2) is 5.65 Å². The molecule has 0 aliphatic heterocycles. The standard InChI is InChI=1S/C24H17N5O2/c30-23(31)15-7-9-18(10-8-15)27-24-25-12-17-13-26-29(22(17)28-24)20-11-16-5-1-3-14-4-2-6-19(20)21(14)16/h1-10,12-13,20H,11H2,(H,30,31)(H,25,27,28). The molecule has 0 saturated carbocycles. The van der Waals surface area contributed by atoms with Gasteiger partial charge in [-0.25, -0.2) is 14.5 Å². The van der Waals surface area contributed by atoms with Crippen LogP contribution < -0.4 is 5.32 Å². The Kier molecular flexibility index (Phi) is 3.76. The molecule has 0 saturated heterocycles. The molecule has 0 bridgehead atoms. The zero-order valence-corrected chi connectivity index (χ0v) is 16.4. The molecule has 0 fully saturated rings. The number of aromatic carboxylic acids is 1. The first-order chi connectivity index (χ1) is 15.2. The lowest BCUT2D eigenvalue weighted by Crippen LogP contribution is -2.12. The molecule has 5 aromatic rings. The maximum Gasteiger partial charge on any atom is 0.335 e. The number of carboxylic acid groups (broad SMARTS) is 1. The highest BCUT2D eigenvalue weighted by Crippen LogP contribution is 2.39. The number of hydrogen-bond acceptors (Lipinski definition) is 5. The van der Waals surface area contributed by atoms with Crippen LogP contribution >= 0.6 is 0 Å². The van der Waals surface area contributed by atoms with Gasteiger partial charge in [0, 0.05) is 11.9 Å². The first kappa shape index (κ1) is 17.6. The highest BCUT2D eigenvalue weighted by Gasteiger charge is 2.27. The van der Waals surface area contributed by atoms with Gasteiger partial charge >= 0.3 is 5.97 Å². The van der Waals surface area contributed by atoms with Crippen molar-refractivity contribution in [1.29, 1.82) is 0 Å². The number of hydrogen-bond donors (Lipinski definition) is 2. The fraction of sp³-hybridized carbons (Fsp3) is 0.0833. The zero-order chi connectivity index (χ0) is 20.9. The fourth-order valence-corrected chi connectivity index (χ4v) is 4.38. The smallest absolute Gasteiger partial charge is 0.335 e. The van der Waals surface area contributed by atoms with Gasteiger partial charge in [0.25, 0.3) is 0 Å². The van der Waals surface area contributed by atoms with Crippen LogP contribution in [0.3, 0.4) is 0 Å². The van der Waals surface area contributed by atoms with Crippen molar-refractivity contribution in [3.05, 3.63) is 89.7 Å². The van der Waals surface area contributed by atoms with Crippen molar-refractivity contribution in [3.8, 4) is 0 Å². The molecular weight excluding hydrogens is 390 g/mol. The molecule has 150 valence electrons. The first-order valence-electron chi connectivity index (χ1n) is 9.98. The number of nitrogens with zero attached hydrogens (tertiary/aromatic N) is 4. The Bertz CT molecular complexity index is 1470. The van der Waals surface area contributed by atoms with E-state index in [-0.39, 0.29) is 11.6 Å². The number of carboxylic acids is 1. The molecule has 0 spiro atoms. The normalized spacial score (nSPS) is 14.9. The molecule has 1 aliphatic carbocycles. The van der Waals surface area contributed by atoms with E-state index in [0.29, 0.717) is 11.6 Å². The Morgan fingerprint density at radius 3 is 2.61 bits per heavy atom. The number of nitrogens with one attached hydrogen (secondary N) is 1. The quantitative estimate of drug-likeness (QED) is 0.453. The third-order valence-electron chi connectivity index (χ3n) is 5.81. The Morgan fingerprint density at radius 2 is 1.81 bits per heavy atom. The van der Waals surface area contributed by atoms with Gasteiger partial charge in [-0.3, -0.25) is 0 Å². The Hall–Kier alpha value is -4.26. The average Bonchev–Trinajstić information content (AvgIpc) is 3.37. The lowest BCUT2D eigenvalue weighted by molar-refractivity contribution is 0.0697. The van der Waals surface area contributed by atoms with Crippen LogP contribution in [0.25, 0.3) is 21.8 Å². The van der Waals surface area contributed by atoms with Crippen molar-refractivity contribution in [3.63, 3.8) is 0 Å². The van der Waals surface area contributed by atoms with E-state index in [0.717, 1.165) is 17.5 Å². The number of rotatable bonds is 4. The molecule has 1 aliphatic rings. The van der Waals surface area contributed by atoms with Crippen molar-refractivity contribution in [2.45, 2.75) is 12.5 Å². The van der Waals surface area contributed by atoms with Gasteiger partial charge in [-0.1, -0.05) is 36.4 Å². The third kappa shape index (κ3) is 2.82. The summed E-state index contributed by atoms with van der Waals surface area (Å²) in [6.07, 6.45) is 4.42. The zero-order valence-electron chi connectivity index (χ0n) is 16.4. The van der Waals surface area contributed by atoms with E-state index < -0.39 is 5.97 Å². The average molecular weight is 407 g/mol. The van der Waals surface area contributed by atoms with Crippen molar-refractivity contribution in [2.75, 3.05) is 5.32 Å². The summed E-state index contributed by atoms with van der Waals surface area (Å²) in [6.45, 7) is 0. The molecule has 1 atom stereocenters. The number of carbonyl (C=O) groups is 1. The molecular formula is C24H17N5O2. The van der Waals surface area contributed by atoms with E-state index in [1.165, 1.54) is 21.9 Å².